The fourth-order valence-electron chi connectivity index (χ4n) is 4.82. The molecule has 8 heteroatoms. The molecule has 5 nitrogen and oxygen atoms in total. The number of anilines is 1. The highest BCUT2D eigenvalue weighted by Gasteiger charge is 2.50. The second-order valence-corrected chi connectivity index (χ2v) is 10.1. The molecule has 1 amide bonds. The first-order valence-corrected chi connectivity index (χ1v) is 11.4. The standard InChI is InChI=1S/C23H29ClF2N2O3/c1-14(19(25)26)18(28-10-8-22(4-5-22)9-11-28)20(29)27-17-12-15(2-3-16(17)24)13-23(6-7-23)21(30)31/h2-3,12,14,18-19H,4-11,13H2,1H3,(H,27,29)(H,30,31). The zero-order chi connectivity index (χ0) is 22.4. The maximum Gasteiger partial charge on any atom is 0.309 e. The van der Waals surface area contributed by atoms with E-state index in [-0.39, 0.29) is 0 Å². The number of piperidine rings is 1. The van der Waals surface area contributed by atoms with Crippen LogP contribution in [0.5, 0.6) is 0 Å². The maximum atomic E-state index is 13.6. The molecule has 2 N–H and O–H groups in total. The van der Waals surface area contributed by atoms with Crippen LogP contribution in [0.15, 0.2) is 18.2 Å². The van der Waals surface area contributed by atoms with Crippen LogP contribution in [-0.4, -0.2) is 47.4 Å². The van der Waals surface area contributed by atoms with Crippen molar-refractivity contribution in [2.75, 3.05) is 18.4 Å². The first kappa shape index (κ1) is 22.5. The lowest BCUT2D eigenvalue weighted by atomic mass is 9.90. The van der Waals surface area contributed by atoms with Crippen LogP contribution in [0.2, 0.25) is 5.02 Å². The van der Waals surface area contributed by atoms with Gasteiger partial charge in [-0.1, -0.05) is 24.6 Å². The van der Waals surface area contributed by atoms with E-state index in [0.717, 1.165) is 18.4 Å². The van der Waals surface area contributed by atoms with Gasteiger partial charge in [0, 0.05) is 5.92 Å². The van der Waals surface area contributed by atoms with Crippen LogP contribution < -0.4 is 5.32 Å². The lowest BCUT2D eigenvalue weighted by Gasteiger charge is -2.39. The number of alkyl halides is 2. The molecule has 170 valence electrons. The molecule has 1 heterocycles. The van der Waals surface area contributed by atoms with Gasteiger partial charge in [0.15, 0.2) is 0 Å². The molecule has 2 atom stereocenters. The maximum absolute atomic E-state index is 13.6. The Bertz CT molecular complexity index is 860. The van der Waals surface area contributed by atoms with E-state index in [1.807, 2.05) is 4.90 Å². The number of hydrogen-bond donors (Lipinski definition) is 2. The zero-order valence-corrected chi connectivity index (χ0v) is 18.4. The Morgan fingerprint density at radius 2 is 1.81 bits per heavy atom. The Labute approximate surface area is 186 Å². The smallest absolute Gasteiger partial charge is 0.309 e. The Balaban J connectivity index is 1.50. The molecule has 0 radical (unpaired) electrons. The fraction of sp³-hybridized carbons (Fsp3) is 0.652. The van der Waals surface area contributed by atoms with Gasteiger partial charge in [-0.25, -0.2) is 8.78 Å². The minimum atomic E-state index is -2.61. The second kappa shape index (κ2) is 8.32. The van der Waals surface area contributed by atoms with Crippen LogP contribution in [-0.2, 0) is 16.0 Å². The van der Waals surface area contributed by atoms with E-state index in [2.05, 4.69) is 5.32 Å². The average Bonchev–Trinajstić information content (AvgIpc) is 3.64. The van der Waals surface area contributed by atoms with Gasteiger partial charge in [0.25, 0.3) is 0 Å². The third-order valence-electron chi connectivity index (χ3n) is 7.51. The number of aliphatic carboxylic acids is 1. The van der Waals surface area contributed by atoms with Gasteiger partial charge in [0.05, 0.1) is 22.2 Å². The number of likely N-dealkylation sites (tertiary alicyclic amines) is 1. The summed E-state index contributed by atoms with van der Waals surface area (Å²) in [6.45, 7) is 2.70. The molecule has 1 saturated heterocycles. The van der Waals surface area contributed by atoms with Gasteiger partial charge in [0.2, 0.25) is 12.3 Å². The van der Waals surface area contributed by atoms with Crippen molar-refractivity contribution in [3.63, 3.8) is 0 Å². The summed E-state index contributed by atoms with van der Waals surface area (Å²) in [6.07, 6.45) is 3.27. The van der Waals surface area contributed by atoms with Crippen LogP contribution in [0.3, 0.4) is 0 Å². The Hall–Kier alpha value is -1.73. The summed E-state index contributed by atoms with van der Waals surface area (Å²) in [5.74, 6) is -2.42. The Morgan fingerprint density at radius 3 is 2.32 bits per heavy atom. The van der Waals surface area contributed by atoms with Crippen molar-refractivity contribution in [2.45, 2.75) is 64.3 Å². The number of nitrogens with one attached hydrogen (secondary N) is 1. The first-order valence-electron chi connectivity index (χ1n) is 11.0. The largest absolute Gasteiger partial charge is 0.481 e. The van der Waals surface area contributed by atoms with E-state index in [1.165, 1.54) is 19.8 Å². The highest BCUT2D eigenvalue weighted by atomic mass is 35.5. The van der Waals surface area contributed by atoms with Gasteiger partial charge >= 0.3 is 5.97 Å². The quantitative estimate of drug-likeness (QED) is 0.590. The minimum Gasteiger partial charge on any atom is -0.481 e. The summed E-state index contributed by atoms with van der Waals surface area (Å²) in [6, 6.07) is 4.10. The summed E-state index contributed by atoms with van der Waals surface area (Å²) in [5, 5.41) is 12.5. The highest BCUT2D eigenvalue weighted by molar-refractivity contribution is 6.33. The van der Waals surface area contributed by atoms with Crippen molar-refractivity contribution in [3.8, 4) is 0 Å². The summed E-state index contributed by atoms with van der Waals surface area (Å²) in [4.78, 5) is 26.5. The van der Waals surface area contributed by atoms with Crippen molar-refractivity contribution in [1.82, 2.24) is 4.90 Å². The van der Waals surface area contributed by atoms with E-state index in [9.17, 15) is 23.5 Å². The van der Waals surface area contributed by atoms with Crippen molar-refractivity contribution < 1.29 is 23.5 Å². The van der Waals surface area contributed by atoms with Gasteiger partial charge in [0.1, 0.15) is 0 Å². The summed E-state index contributed by atoms with van der Waals surface area (Å²) in [7, 11) is 0. The molecule has 0 aromatic heterocycles. The number of halogens is 3. The Kier molecular flexibility index (Phi) is 6.03. The van der Waals surface area contributed by atoms with Gasteiger partial charge < -0.3 is 10.4 Å². The third kappa shape index (κ3) is 4.72. The molecular formula is C23H29ClF2N2O3. The fourth-order valence-corrected chi connectivity index (χ4v) is 4.99. The third-order valence-corrected chi connectivity index (χ3v) is 7.84. The predicted octanol–water partition coefficient (Wildman–Crippen LogP) is 4.83. The molecular weight excluding hydrogens is 426 g/mol. The average molecular weight is 455 g/mol. The van der Waals surface area contributed by atoms with Crippen molar-refractivity contribution in [3.05, 3.63) is 28.8 Å². The zero-order valence-electron chi connectivity index (χ0n) is 17.7. The van der Waals surface area contributed by atoms with E-state index in [4.69, 9.17) is 11.6 Å². The van der Waals surface area contributed by atoms with Crippen LogP contribution in [0.1, 0.15) is 51.0 Å². The second-order valence-electron chi connectivity index (χ2n) is 9.74. The molecule has 1 aromatic rings. The number of carboxylic acids is 1. The van der Waals surface area contributed by atoms with Crippen LogP contribution in [0.25, 0.3) is 0 Å². The molecule has 3 aliphatic rings. The number of benzene rings is 1. The molecule has 2 aliphatic carbocycles. The number of hydrogen-bond acceptors (Lipinski definition) is 3. The number of rotatable bonds is 8. The van der Waals surface area contributed by atoms with Crippen LogP contribution in [0, 0.1) is 16.7 Å². The topological polar surface area (TPSA) is 69.6 Å². The van der Waals surface area contributed by atoms with E-state index >= 15 is 0 Å². The molecule has 3 fully saturated rings. The lowest BCUT2D eigenvalue weighted by molar-refractivity contribution is -0.143. The van der Waals surface area contributed by atoms with Gasteiger partial charge in [-0.15, -0.1) is 0 Å². The number of amides is 1. The number of carboxylic acid groups (broad SMARTS) is 1. The SMILES string of the molecule is CC(C(F)F)C(C(=O)Nc1cc(CC2(C(=O)O)CC2)ccc1Cl)N1CCC2(CC1)CC2. The highest BCUT2D eigenvalue weighted by Crippen LogP contribution is 2.54. The van der Waals surface area contributed by atoms with Crippen LogP contribution >= 0.6 is 11.6 Å². The van der Waals surface area contributed by atoms with Gasteiger partial charge in [-0.05, 0) is 81.1 Å². The minimum absolute atomic E-state index is 0.302. The molecule has 4 rings (SSSR count). The number of carbonyl (C=O) groups excluding carboxylic acids is 1. The number of nitrogens with zero attached hydrogens (tertiary/aromatic N) is 1. The molecule has 0 bridgehead atoms. The van der Waals surface area contributed by atoms with Crippen molar-refractivity contribution >= 4 is 29.2 Å². The normalized spacial score (nSPS) is 23.4. The molecule has 2 saturated carbocycles. The van der Waals surface area contributed by atoms with E-state index < -0.39 is 35.7 Å². The first-order chi connectivity index (χ1) is 14.6. The Morgan fingerprint density at radius 1 is 1.16 bits per heavy atom. The van der Waals surface area contributed by atoms with E-state index in [0.29, 0.717) is 48.5 Å². The molecule has 1 aromatic carbocycles. The van der Waals surface area contributed by atoms with Gasteiger partial charge in [-0.2, -0.15) is 0 Å². The summed E-state index contributed by atoms with van der Waals surface area (Å²) >= 11 is 6.28. The lowest BCUT2D eigenvalue weighted by Crippen LogP contribution is -2.52. The molecule has 31 heavy (non-hydrogen) atoms. The van der Waals surface area contributed by atoms with Crippen molar-refractivity contribution in [2.24, 2.45) is 16.7 Å². The van der Waals surface area contributed by atoms with Gasteiger partial charge in [-0.3, -0.25) is 14.5 Å². The van der Waals surface area contributed by atoms with Crippen LogP contribution in [0.4, 0.5) is 14.5 Å². The summed E-state index contributed by atoms with van der Waals surface area (Å²) in [5.41, 5.74) is 0.736. The van der Waals surface area contributed by atoms with E-state index in [1.54, 1.807) is 18.2 Å². The monoisotopic (exact) mass is 454 g/mol. The molecule has 2 unspecified atom stereocenters. The summed E-state index contributed by atoms with van der Waals surface area (Å²) < 4.78 is 27.2. The molecule has 1 spiro atoms. The molecule has 1 aliphatic heterocycles. The number of carbonyl (C=O) groups is 2. The predicted molar refractivity (Wildman–Crippen MR) is 115 cm³/mol. The van der Waals surface area contributed by atoms with Crippen molar-refractivity contribution in [1.29, 1.82) is 0 Å².